The Morgan fingerprint density at radius 1 is 0.771 bits per heavy atom. The van der Waals surface area contributed by atoms with Gasteiger partial charge < -0.3 is 14.4 Å². The fraction of sp³-hybridized carbons (Fsp3) is 0.367. The number of nitrogens with zero attached hydrogens (tertiary/aromatic N) is 1. The molecule has 0 spiro atoms. The van der Waals surface area contributed by atoms with E-state index in [4.69, 9.17) is 21.1 Å². The average Bonchev–Trinajstić information content (AvgIpc) is 2.85. The lowest BCUT2D eigenvalue weighted by atomic mass is 9.88. The first-order valence-corrected chi connectivity index (χ1v) is 12.8. The molecule has 35 heavy (non-hydrogen) atoms. The summed E-state index contributed by atoms with van der Waals surface area (Å²) in [5, 5.41) is 0. The standard InChI is InChI=1S/C30H36ClNO3/c1-22(2)34-27-14-10-24(11-15-27)21-32(30(33)20-31)19-18-29(25-8-6-5-7-9-25)26-12-16-28(17-13-26)35-23(3)4/h5-17,22-23,29H,18-21H2,1-4H3/t29-/m0/s1. The van der Waals surface area contributed by atoms with Crippen LogP contribution in [0.4, 0.5) is 0 Å². The molecule has 4 nitrogen and oxygen atoms in total. The second-order valence-corrected chi connectivity index (χ2v) is 9.51. The van der Waals surface area contributed by atoms with Crippen molar-refractivity contribution in [3.05, 3.63) is 95.6 Å². The van der Waals surface area contributed by atoms with Gasteiger partial charge in [0, 0.05) is 19.0 Å². The Morgan fingerprint density at radius 3 is 1.80 bits per heavy atom. The molecule has 1 atom stereocenters. The van der Waals surface area contributed by atoms with E-state index in [1.165, 1.54) is 11.1 Å². The first kappa shape index (κ1) is 26.6. The molecule has 3 rings (SSSR count). The lowest BCUT2D eigenvalue weighted by molar-refractivity contribution is -0.129. The number of amides is 1. The van der Waals surface area contributed by atoms with Crippen LogP contribution in [0.25, 0.3) is 0 Å². The first-order chi connectivity index (χ1) is 16.9. The zero-order chi connectivity index (χ0) is 25.2. The van der Waals surface area contributed by atoms with E-state index in [0.717, 1.165) is 23.5 Å². The number of benzene rings is 3. The molecule has 0 radical (unpaired) electrons. The van der Waals surface area contributed by atoms with Gasteiger partial charge in [-0.05, 0) is 75.1 Å². The Labute approximate surface area is 214 Å². The summed E-state index contributed by atoms with van der Waals surface area (Å²) in [6.45, 7) is 9.16. The molecule has 3 aromatic carbocycles. The van der Waals surface area contributed by atoms with Crippen molar-refractivity contribution in [3.8, 4) is 11.5 Å². The predicted octanol–water partition coefficient (Wildman–Crippen LogP) is 7.05. The summed E-state index contributed by atoms with van der Waals surface area (Å²) in [4.78, 5) is 14.6. The Morgan fingerprint density at radius 2 is 1.29 bits per heavy atom. The molecule has 0 bridgehead atoms. The minimum atomic E-state index is -0.0679. The number of rotatable bonds is 12. The Bertz CT molecular complexity index is 1030. The number of carbonyl (C=O) groups excluding carboxylic acids is 1. The third kappa shape index (κ3) is 8.32. The van der Waals surface area contributed by atoms with Crippen molar-refractivity contribution in [2.75, 3.05) is 12.4 Å². The summed E-state index contributed by atoms with van der Waals surface area (Å²) in [7, 11) is 0. The number of alkyl halides is 1. The van der Waals surface area contributed by atoms with Crippen LogP contribution >= 0.6 is 11.6 Å². The van der Waals surface area contributed by atoms with Crippen molar-refractivity contribution in [2.24, 2.45) is 0 Å². The molecule has 5 heteroatoms. The van der Waals surface area contributed by atoms with Crippen molar-refractivity contribution < 1.29 is 14.3 Å². The van der Waals surface area contributed by atoms with Gasteiger partial charge in [0.1, 0.15) is 17.4 Å². The Hall–Kier alpha value is -2.98. The van der Waals surface area contributed by atoms with Crippen LogP contribution in [0.1, 0.15) is 56.7 Å². The lowest BCUT2D eigenvalue weighted by Gasteiger charge is -2.26. The maximum atomic E-state index is 12.7. The average molecular weight is 494 g/mol. The molecule has 0 aromatic heterocycles. The summed E-state index contributed by atoms with van der Waals surface area (Å²) in [5.41, 5.74) is 3.46. The van der Waals surface area contributed by atoms with Crippen molar-refractivity contribution in [1.82, 2.24) is 4.90 Å². The Kier molecular flexibility index (Phi) is 10.0. The maximum absolute atomic E-state index is 12.7. The molecule has 3 aromatic rings. The lowest BCUT2D eigenvalue weighted by Crippen LogP contribution is -2.33. The van der Waals surface area contributed by atoms with Crippen molar-refractivity contribution in [3.63, 3.8) is 0 Å². The molecule has 186 valence electrons. The normalized spacial score (nSPS) is 12.0. The third-order valence-corrected chi connectivity index (χ3v) is 5.91. The van der Waals surface area contributed by atoms with Crippen LogP contribution in [-0.4, -0.2) is 35.4 Å². The largest absolute Gasteiger partial charge is 0.491 e. The highest BCUT2D eigenvalue weighted by atomic mass is 35.5. The molecule has 0 N–H and O–H groups in total. The molecule has 0 fully saturated rings. The second-order valence-electron chi connectivity index (χ2n) is 9.25. The molecule has 0 aliphatic rings. The van der Waals surface area contributed by atoms with Gasteiger partial charge in [0.15, 0.2) is 0 Å². The van der Waals surface area contributed by atoms with Gasteiger partial charge in [0.25, 0.3) is 0 Å². The number of ether oxygens (including phenoxy) is 2. The van der Waals surface area contributed by atoms with Gasteiger partial charge in [-0.15, -0.1) is 11.6 Å². The van der Waals surface area contributed by atoms with Crippen molar-refractivity contribution in [2.45, 2.75) is 58.8 Å². The van der Waals surface area contributed by atoms with Crippen LogP contribution in [0.3, 0.4) is 0 Å². The summed E-state index contributed by atoms with van der Waals surface area (Å²) in [6, 6.07) is 26.6. The van der Waals surface area contributed by atoms with Crippen LogP contribution in [0.15, 0.2) is 78.9 Å². The van der Waals surface area contributed by atoms with Crippen LogP contribution in [0.2, 0.25) is 0 Å². The quantitative estimate of drug-likeness (QED) is 0.254. The van der Waals surface area contributed by atoms with E-state index in [9.17, 15) is 4.79 Å². The molecule has 1 amide bonds. The van der Waals surface area contributed by atoms with Gasteiger partial charge in [-0.3, -0.25) is 4.79 Å². The number of hydrogen-bond acceptors (Lipinski definition) is 3. The summed E-state index contributed by atoms with van der Waals surface area (Å²) < 4.78 is 11.6. The van der Waals surface area contributed by atoms with Gasteiger partial charge in [-0.1, -0.05) is 54.6 Å². The van der Waals surface area contributed by atoms with Crippen LogP contribution in [-0.2, 0) is 11.3 Å². The number of carbonyl (C=O) groups is 1. The van der Waals surface area contributed by atoms with Gasteiger partial charge in [0.2, 0.25) is 5.91 Å². The highest BCUT2D eigenvalue weighted by Crippen LogP contribution is 2.30. The van der Waals surface area contributed by atoms with Crippen molar-refractivity contribution >= 4 is 17.5 Å². The molecule has 0 saturated heterocycles. The molecule has 0 heterocycles. The number of hydrogen-bond donors (Lipinski definition) is 0. The van der Waals surface area contributed by atoms with E-state index in [0.29, 0.717) is 13.1 Å². The smallest absolute Gasteiger partial charge is 0.237 e. The molecule has 0 aliphatic carbocycles. The Balaban J connectivity index is 1.76. The maximum Gasteiger partial charge on any atom is 0.237 e. The van der Waals surface area contributed by atoms with Crippen LogP contribution in [0, 0.1) is 0 Å². The zero-order valence-electron chi connectivity index (χ0n) is 21.1. The minimum Gasteiger partial charge on any atom is -0.491 e. The molecule has 0 aliphatic heterocycles. The minimum absolute atomic E-state index is 0.0359. The molecular weight excluding hydrogens is 458 g/mol. The van der Waals surface area contributed by atoms with Gasteiger partial charge in [-0.25, -0.2) is 0 Å². The molecule has 0 saturated carbocycles. The van der Waals surface area contributed by atoms with E-state index < -0.39 is 0 Å². The van der Waals surface area contributed by atoms with E-state index >= 15 is 0 Å². The monoisotopic (exact) mass is 493 g/mol. The highest BCUT2D eigenvalue weighted by Gasteiger charge is 2.19. The topological polar surface area (TPSA) is 38.8 Å². The van der Waals surface area contributed by atoms with Crippen LogP contribution < -0.4 is 9.47 Å². The van der Waals surface area contributed by atoms with E-state index in [2.05, 4.69) is 36.4 Å². The fourth-order valence-corrected chi connectivity index (χ4v) is 4.26. The summed E-state index contributed by atoms with van der Waals surface area (Å²) >= 11 is 5.98. The summed E-state index contributed by atoms with van der Waals surface area (Å²) in [5.74, 6) is 1.73. The van der Waals surface area contributed by atoms with Gasteiger partial charge >= 0.3 is 0 Å². The predicted molar refractivity (Wildman–Crippen MR) is 143 cm³/mol. The zero-order valence-corrected chi connectivity index (χ0v) is 21.9. The second kappa shape index (κ2) is 13.2. The van der Waals surface area contributed by atoms with E-state index in [-0.39, 0.29) is 29.9 Å². The highest BCUT2D eigenvalue weighted by molar-refractivity contribution is 6.27. The van der Waals surface area contributed by atoms with E-state index in [1.54, 1.807) is 0 Å². The third-order valence-electron chi connectivity index (χ3n) is 5.68. The SMILES string of the molecule is CC(C)Oc1ccc(CN(CC[C@@H](c2ccccc2)c2ccc(OC(C)C)cc2)C(=O)CCl)cc1. The van der Waals surface area contributed by atoms with E-state index in [1.807, 2.05) is 75.1 Å². The van der Waals surface area contributed by atoms with Crippen LogP contribution in [0.5, 0.6) is 11.5 Å². The van der Waals surface area contributed by atoms with Gasteiger partial charge in [0.05, 0.1) is 12.2 Å². The van der Waals surface area contributed by atoms with Gasteiger partial charge in [-0.2, -0.15) is 0 Å². The van der Waals surface area contributed by atoms with Crippen molar-refractivity contribution in [1.29, 1.82) is 0 Å². The fourth-order valence-electron chi connectivity index (χ4n) is 4.09. The first-order valence-electron chi connectivity index (χ1n) is 12.3. The number of halogens is 1. The molecule has 0 unspecified atom stereocenters. The molecular formula is C30H36ClNO3. The summed E-state index contributed by atoms with van der Waals surface area (Å²) in [6.07, 6.45) is 1.04.